The maximum atomic E-state index is 6.10. The molecule has 2 aromatic carbocycles. The van der Waals surface area contributed by atoms with Crippen molar-refractivity contribution < 1.29 is 0 Å². The van der Waals surface area contributed by atoms with E-state index in [-0.39, 0.29) is 0 Å². The standard InChI is InChI=1S/C13H11Cl/c1-9(2)10-5-3-7-12-11(10)6-4-8-13(12)14/h3-8H,1H2,2H3. The summed E-state index contributed by atoms with van der Waals surface area (Å²) in [6.45, 7) is 5.97. The second-order valence-corrected chi connectivity index (χ2v) is 3.83. The predicted molar refractivity (Wildman–Crippen MR) is 63.7 cm³/mol. The van der Waals surface area contributed by atoms with Crippen molar-refractivity contribution in [2.45, 2.75) is 6.92 Å². The van der Waals surface area contributed by atoms with Gasteiger partial charge in [0.1, 0.15) is 0 Å². The lowest BCUT2D eigenvalue weighted by molar-refractivity contribution is 1.63. The highest BCUT2D eigenvalue weighted by Gasteiger charge is 2.02. The second kappa shape index (κ2) is 3.47. The summed E-state index contributed by atoms with van der Waals surface area (Å²) in [6.07, 6.45) is 0. The minimum absolute atomic E-state index is 0.797. The lowest BCUT2D eigenvalue weighted by atomic mass is 10.0. The third-order valence-electron chi connectivity index (χ3n) is 2.33. The Kier molecular flexibility index (Phi) is 2.30. The fourth-order valence-electron chi connectivity index (χ4n) is 1.64. The molecule has 0 N–H and O–H groups in total. The molecule has 0 aliphatic carbocycles. The first kappa shape index (κ1) is 9.29. The Morgan fingerprint density at radius 1 is 1.07 bits per heavy atom. The molecule has 0 bridgehead atoms. The average Bonchev–Trinajstić information content (AvgIpc) is 2.17. The van der Waals surface area contributed by atoms with Crippen LogP contribution in [0.15, 0.2) is 43.0 Å². The van der Waals surface area contributed by atoms with Crippen molar-refractivity contribution in [2.75, 3.05) is 0 Å². The highest BCUT2D eigenvalue weighted by Crippen LogP contribution is 2.28. The van der Waals surface area contributed by atoms with Gasteiger partial charge in [0, 0.05) is 10.4 Å². The van der Waals surface area contributed by atoms with E-state index >= 15 is 0 Å². The fourth-order valence-corrected chi connectivity index (χ4v) is 1.88. The Hall–Kier alpha value is -1.27. The molecule has 0 aliphatic heterocycles. The van der Waals surface area contributed by atoms with E-state index in [0.717, 1.165) is 16.0 Å². The lowest BCUT2D eigenvalue weighted by Gasteiger charge is -2.06. The van der Waals surface area contributed by atoms with Crippen LogP contribution in [-0.2, 0) is 0 Å². The lowest BCUT2D eigenvalue weighted by Crippen LogP contribution is -1.82. The molecule has 0 nitrogen and oxygen atoms in total. The highest BCUT2D eigenvalue weighted by molar-refractivity contribution is 6.35. The summed E-state index contributed by atoms with van der Waals surface area (Å²) in [5.41, 5.74) is 2.24. The second-order valence-electron chi connectivity index (χ2n) is 3.42. The summed E-state index contributed by atoms with van der Waals surface area (Å²) in [5.74, 6) is 0. The average molecular weight is 203 g/mol. The van der Waals surface area contributed by atoms with Crippen LogP contribution in [0.2, 0.25) is 5.02 Å². The fraction of sp³-hybridized carbons (Fsp3) is 0.0769. The van der Waals surface area contributed by atoms with Crippen molar-refractivity contribution in [1.82, 2.24) is 0 Å². The number of benzene rings is 2. The normalized spacial score (nSPS) is 10.4. The van der Waals surface area contributed by atoms with Crippen molar-refractivity contribution in [3.8, 4) is 0 Å². The van der Waals surface area contributed by atoms with E-state index in [1.54, 1.807) is 0 Å². The zero-order chi connectivity index (χ0) is 10.1. The van der Waals surface area contributed by atoms with Crippen molar-refractivity contribution in [3.05, 3.63) is 53.6 Å². The molecule has 70 valence electrons. The SMILES string of the molecule is C=C(C)c1cccc2c(Cl)cccc12. The zero-order valence-electron chi connectivity index (χ0n) is 8.05. The van der Waals surface area contributed by atoms with Crippen LogP contribution in [0.3, 0.4) is 0 Å². The molecule has 0 unspecified atom stereocenters. The maximum absolute atomic E-state index is 6.10. The van der Waals surface area contributed by atoms with Crippen molar-refractivity contribution >= 4 is 27.9 Å². The van der Waals surface area contributed by atoms with Crippen molar-refractivity contribution in [2.24, 2.45) is 0 Å². The van der Waals surface area contributed by atoms with Crippen LogP contribution in [0.1, 0.15) is 12.5 Å². The molecule has 0 aliphatic rings. The molecular weight excluding hydrogens is 192 g/mol. The van der Waals surface area contributed by atoms with E-state index in [1.165, 1.54) is 10.9 Å². The van der Waals surface area contributed by atoms with Gasteiger partial charge in [0.15, 0.2) is 0 Å². The van der Waals surface area contributed by atoms with Gasteiger partial charge in [0.2, 0.25) is 0 Å². The van der Waals surface area contributed by atoms with Crippen molar-refractivity contribution in [3.63, 3.8) is 0 Å². The van der Waals surface area contributed by atoms with Gasteiger partial charge in [-0.1, -0.05) is 54.1 Å². The first-order valence-electron chi connectivity index (χ1n) is 4.53. The van der Waals surface area contributed by atoms with Gasteiger partial charge in [0.25, 0.3) is 0 Å². The Balaban J connectivity index is 2.88. The van der Waals surface area contributed by atoms with Crippen LogP contribution in [0.25, 0.3) is 16.3 Å². The predicted octanol–water partition coefficient (Wildman–Crippen LogP) is 4.53. The quantitative estimate of drug-likeness (QED) is 0.638. The minimum atomic E-state index is 0.797. The van der Waals surface area contributed by atoms with E-state index < -0.39 is 0 Å². The molecule has 1 heteroatoms. The number of hydrogen-bond donors (Lipinski definition) is 0. The molecule has 0 spiro atoms. The molecule has 0 saturated carbocycles. The van der Waals surface area contributed by atoms with Crippen LogP contribution in [0.4, 0.5) is 0 Å². The van der Waals surface area contributed by atoms with E-state index in [0.29, 0.717) is 0 Å². The number of halogens is 1. The third-order valence-corrected chi connectivity index (χ3v) is 2.66. The maximum Gasteiger partial charge on any atom is 0.0484 e. The summed E-state index contributed by atoms with van der Waals surface area (Å²) in [4.78, 5) is 0. The number of fused-ring (bicyclic) bond motifs is 1. The van der Waals surface area contributed by atoms with Crippen LogP contribution >= 0.6 is 11.6 Å². The van der Waals surface area contributed by atoms with Crippen LogP contribution in [-0.4, -0.2) is 0 Å². The molecule has 0 heterocycles. The molecule has 0 atom stereocenters. The Morgan fingerprint density at radius 2 is 1.71 bits per heavy atom. The summed E-state index contributed by atoms with van der Waals surface area (Å²) >= 11 is 6.10. The highest BCUT2D eigenvalue weighted by atomic mass is 35.5. The number of allylic oxidation sites excluding steroid dienone is 1. The summed E-state index contributed by atoms with van der Waals surface area (Å²) < 4.78 is 0. The van der Waals surface area contributed by atoms with Gasteiger partial charge in [-0.25, -0.2) is 0 Å². The molecule has 2 aromatic rings. The van der Waals surface area contributed by atoms with Gasteiger partial charge in [-0.15, -0.1) is 0 Å². The molecular formula is C13H11Cl. The Morgan fingerprint density at radius 3 is 2.43 bits per heavy atom. The van der Waals surface area contributed by atoms with Gasteiger partial charge in [-0.3, -0.25) is 0 Å². The van der Waals surface area contributed by atoms with Gasteiger partial charge in [-0.05, 0) is 23.9 Å². The monoisotopic (exact) mass is 202 g/mol. The van der Waals surface area contributed by atoms with Gasteiger partial charge in [0.05, 0.1) is 0 Å². The Bertz CT molecular complexity index is 498. The van der Waals surface area contributed by atoms with Gasteiger partial charge >= 0.3 is 0 Å². The molecule has 0 saturated heterocycles. The number of hydrogen-bond acceptors (Lipinski definition) is 0. The van der Waals surface area contributed by atoms with E-state index in [2.05, 4.69) is 18.7 Å². The molecule has 0 fully saturated rings. The van der Waals surface area contributed by atoms with Crippen LogP contribution < -0.4 is 0 Å². The Labute approximate surface area is 88.8 Å². The van der Waals surface area contributed by atoms with Gasteiger partial charge in [-0.2, -0.15) is 0 Å². The number of rotatable bonds is 1. The van der Waals surface area contributed by atoms with Gasteiger partial charge < -0.3 is 0 Å². The summed E-state index contributed by atoms with van der Waals surface area (Å²) in [5, 5.41) is 3.06. The topological polar surface area (TPSA) is 0 Å². The first-order chi connectivity index (χ1) is 6.70. The molecule has 0 aromatic heterocycles. The van der Waals surface area contributed by atoms with E-state index in [4.69, 9.17) is 11.6 Å². The largest absolute Gasteiger partial charge is 0.0955 e. The van der Waals surface area contributed by atoms with E-state index in [1.807, 2.05) is 31.2 Å². The van der Waals surface area contributed by atoms with Crippen LogP contribution in [0, 0.1) is 0 Å². The zero-order valence-corrected chi connectivity index (χ0v) is 8.81. The third kappa shape index (κ3) is 1.42. The van der Waals surface area contributed by atoms with Crippen molar-refractivity contribution in [1.29, 1.82) is 0 Å². The summed E-state index contributed by atoms with van der Waals surface area (Å²) in [6, 6.07) is 12.1. The molecule has 0 amide bonds. The first-order valence-corrected chi connectivity index (χ1v) is 4.91. The molecule has 14 heavy (non-hydrogen) atoms. The minimum Gasteiger partial charge on any atom is -0.0955 e. The smallest absolute Gasteiger partial charge is 0.0484 e. The van der Waals surface area contributed by atoms with E-state index in [9.17, 15) is 0 Å². The van der Waals surface area contributed by atoms with Crippen LogP contribution in [0.5, 0.6) is 0 Å². The summed E-state index contributed by atoms with van der Waals surface area (Å²) in [7, 11) is 0. The molecule has 2 rings (SSSR count). The molecule has 0 radical (unpaired) electrons.